The minimum Gasteiger partial charge on any atom is -0.497 e. The van der Waals surface area contributed by atoms with Crippen LogP contribution in [0.25, 0.3) is 21.8 Å². The molecule has 0 atom stereocenters. The average Bonchev–Trinajstić information content (AvgIpc) is 3.12. The molecular formula is C23H18ClN5O. The summed E-state index contributed by atoms with van der Waals surface area (Å²) in [6.07, 6.45) is 3.48. The fourth-order valence-electron chi connectivity index (χ4n) is 3.47. The zero-order valence-electron chi connectivity index (χ0n) is 16.2. The predicted molar refractivity (Wildman–Crippen MR) is 120 cm³/mol. The van der Waals surface area contributed by atoms with Crippen LogP contribution >= 0.6 is 11.6 Å². The quantitative estimate of drug-likeness (QED) is 0.387. The largest absolute Gasteiger partial charge is 0.497 e. The Morgan fingerprint density at radius 3 is 2.70 bits per heavy atom. The molecule has 3 heterocycles. The summed E-state index contributed by atoms with van der Waals surface area (Å²) < 4.78 is 7.20. The number of methoxy groups -OCH3 is 1. The van der Waals surface area contributed by atoms with Crippen molar-refractivity contribution in [2.24, 2.45) is 0 Å². The van der Waals surface area contributed by atoms with E-state index in [0.29, 0.717) is 17.5 Å². The first-order chi connectivity index (χ1) is 14.7. The summed E-state index contributed by atoms with van der Waals surface area (Å²) in [5, 5.41) is 10.6. The van der Waals surface area contributed by atoms with Crippen LogP contribution in [-0.2, 0) is 6.54 Å². The van der Waals surface area contributed by atoms with E-state index in [0.717, 1.165) is 38.8 Å². The van der Waals surface area contributed by atoms with Crippen LogP contribution in [0.3, 0.4) is 0 Å². The maximum Gasteiger partial charge on any atom is 0.179 e. The van der Waals surface area contributed by atoms with Gasteiger partial charge >= 0.3 is 0 Å². The van der Waals surface area contributed by atoms with Gasteiger partial charge in [-0.2, -0.15) is 5.10 Å². The molecule has 0 saturated heterocycles. The van der Waals surface area contributed by atoms with Crippen molar-refractivity contribution >= 4 is 44.9 Å². The Hall–Kier alpha value is -3.64. The second-order valence-corrected chi connectivity index (χ2v) is 7.25. The molecule has 0 fully saturated rings. The van der Waals surface area contributed by atoms with Gasteiger partial charge in [0.2, 0.25) is 0 Å². The smallest absolute Gasteiger partial charge is 0.179 e. The Kier molecular flexibility index (Phi) is 4.69. The molecule has 3 aromatic heterocycles. The van der Waals surface area contributed by atoms with E-state index in [9.17, 15) is 0 Å². The maximum atomic E-state index is 6.18. The van der Waals surface area contributed by atoms with Gasteiger partial charge in [0.15, 0.2) is 5.82 Å². The minimum absolute atomic E-state index is 0.495. The highest BCUT2D eigenvalue weighted by atomic mass is 35.5. The molecular weight excluding hydrogens is 398 g/mol. The Bertz CT molecular complexity index is 1350. The molecule has 0 aliphatic rings. The summed E-state index contributed by atoms with van der Waals surface area (Å²) in [6, 6.07) is 19.8. The summed E-state index contributed by atoms with van der Waals surface area (Å²) >= 11 is 6.18. The number of ether oxygens (including phenoxy) is 1. The van der Waals surface area contributed by atoms with Crippen molar-refractivity contribution in [3.63, 3.8) is 0 Å². The summed E-state index contributed by atoms with van der Waals surface area (Å²) in [5.41, 5.74) is 3.82. The van der Waals surface area contributed by atoms with Crippen molar-refractivity contribution in [3.05, 3.63) is 83.8 Å². The van der Waals surface area contributed by atoms with Crippen molar-refractivity contribution in [1.29, 1.82) is 0 Å². The number of nitrogens with one attached hydrogen (secondary N) is 1. The number of nitrogens with zero attached hydrogens (tertiary/aromatic N) is 4. The number of halogens is 1. The van der Waals surface area contributed by atoms with E-state index in [1.54, 1.807) is 19.5 Å². The lowest BCUT2D eigenvalue weighted by atomic mass is 10.1. The first kappa shape index (κ1) is 18.4. The molecule has 5 rings (SSSR count). The van der Waals surface area contributed by atoms with Crippen LogP contribution in [0.5, 0.6) is 5.75 Å². The van der Waals surface area contributed by atoms with Crippen molar-refractivity contribution in [2.45, 2.75) is 6.54 Å². The molecule has 0 amide bonds. The SMILES string of the molecule is COc1ccc(Cn2nc(Nc3ccc4c(Cl)nccc4c3)c3ncccc32)cc1. The van der Waals surface area contributed by atoms with E-state index in [-0.39, 0.29) is 0 Å². The first-order valence-electron chi connectivity index (χ1n) is 9.47. The molecule has 2 aromatic carbocycles. The molecule has 0 bridgehead atoms. The highest BCUT2D eigenvalue weighted by Gasteiger charge is 2.13. The number of pyridine rings is 2. The molecule has 0 aliphatic heterocycles. The standard InChI is InChI=1S/C23H18ClN5O/c1-30-18-7-4-15(5-8-18)14-29-20-3-2-11-25-21(20)23(28-29)27-17-6-9-19-16(13-17)10-12-26-22(19)24/h2-13H,14H2,1H3,(H,27,28). The zero-order valence-corrected chi connectivity index (χ0v) is 17.0. The molecule has 6 nitrogen and oxygen atoms in total. The van der Waals surface area contributed by atoms with Crippen molar-refractivity contribution < 1.29 is 4.74 Å². The summed E-state index contributed by atoms with van der Waals surface area (Å²) in [7, 11) is 1.66. The monoisotopic (exact) mass is 415 g/mol. The fourth-order valence-corrected chi connectivity index (χ4v) is 3.70. The van der Waals surface area contributed by atoms with E-state index in [1.807, 2.05) is 65.3 Å². The van der Waals surface area contributed by atoms with Gasteiger partial charge in [-0.3, -0.25) is 9.67 Å². The van der Waals surface area contributed by atoms with Crippen LogP contribution in [0.1, 0.15) is 5.56 Å². The van der Waals surface area contributed by atoms with E-state index in [2.05, 4.69) is 15.3 Å². The highest BCUT2D eigenvalue weighted by molar-refractivity contribution is 6.34. The first-order valence-corrected chi connectivity index (χ1v) is 9.85. The minimum atomic E-state index is 0.495. The lowest BCUT2D eigenvalue weighted by Gasteiger charge is -2.06. The molecule has 0 saturated carbocycles. The van der Waals surface area contributed by atoms with Gasteiger partial charge in [-0.05, 0) is 59.5 Å². The van der Waals surface area contributed by atoms with Crippen LogP contribution < -0.4 is 10.1 Å². The summed E-state index contributed by atoms with van der Waals surface area (Å²) in [5.74, 6) is 1.54. The van der Waals surface area contributed by atoms with E-state index >= 15 is 0 Å². The fraction of sp³-hybridized carbons (Fsp3) is 0.0870. The van der Waals surface area contributed by atoms with Crippen LogP contribution in [0.15, 0.2) is 73.1 Å². The summed E-state index contributed by atoms with van der Waals surface area (Å²) in [4.78, 5) is 8.67. The number of hydrogen-bond donors (Lipinski definition) is 1. The third-order valence-electron chi connectivity index (χ3n) is 4.98. The Morgan fingerprint density at radius 1 is 1.00 bits per heavy atom. The maximum absolute atomic E-state index is 6.18. The molecule has 1 N–H and O–H groups in total. The number of fused-ring (bicyclic) bond motifs is 2. The number of rotatable bonds is 5. The third kappa shape index (κ3) is 3.42. The van der Waals surface area contributed by atoms with Crippen LogP contribution in [0.2, 0.25) is 5.15 Å². The van der Waals surface area contributed by atoms with Gasteiger partial charge in [0, 0.05) is 23.5 Å². The molecule has 148 valence electrons. The van der Waals surface area contributed by atoms with Gasteiger partial charge in [-0.1, -0.05) is 23.7 Å². The highest BCUT2D eigenvalue weighted by Crippen LogP contribution is 2.28. The third-order valence-corrected chi connectivity index (χ3v) is 5.28. The number of anilines is 2. The lowest BCUT2D eigenvalue weighted by Crippen LogP contribution is -2.02. The van der Waals surface area contributed by atoms with Crippen LogP contribution in [0, 0.1) is 0 Å². The Labute approximate surface area is 178 Å². The topological polar surface area (TPSA) is 64.9 Å². The average molecular weight is 416 g/mol. The van der Waals surface area contributed by atoms with Crippen molar-refractivity contribution in [1.82, 2.24) is 19.7 Å². The number of hydrogen-bond acceptors (Lipinski definition) is 5. The van der Waals surface area contributed by atoms with Crippen LogP contribution in [0.4, 0.5) is 11.5 Å². The van der Waals surface area contributed by atoms with Gasteiger partial charge in [0.25, 0.3) is 0 Å². The van der Waals surface area contributed by atoms with Gasteiger partial charge in [0.05, 0.1) is 19.2 Å². The normalized spacial score (nSPS) is 11.1. The zero-order chi connectivity index (χ0) is 20.5. The molecule has 7 heteroatoms. The Morgan fingerprint density at radius 2 is 1.87 bits per heavy atom. The van der Waals surface area contributed by atoms with Crippen LogP contribution in [-0.4, -0.2) is 26.9 Å². The molecule has 0 spiro atoms. The lowest BCUT2D eigenvalue weighted by molar-refractivity contribution is 0.414. The van der Waals surface area contributed by atoms with E-state index < -0.39 is 0 Å². The molecule has 0 radical (unpaired) electrons. The number of benzene rings is 2. The van der Waals surface area contributed by atoms with Crippen molar-refractivity contribution in [2.75, 3.05) is 12.4 Å². The molecule has 5 aromatic rings. The van der Waals surface area contributed by atoms with Gasteiger partial charge in [-0.15, -0.1) is 0 Å². The second kappa shape index (κ2) is 7.65. The molecule has 30 heavy (non-hydrogen) atoms. The molecule has 0 aliphatic carbocycles. The van der Waals surface area contributed by atoms with Gasteiger partial charge in [0.1, 0.15) is 16.4 Å². The predicted octanol–water partition coefficient (Wildman–Crippen LogP) is 5.43. The summed E-state index contributed by atoms with van der Waals surface area (Å²) in [6.45, 7) is 0.632. The van der Waals surface area contributed by atoms with E-state index in [1.165, 1.54) is 0 Å². The molecule has 0 unspecified atom stereocenters. The van der Waals surface area contributed by atoms with Crippen molar-refractivity contribution in [3.8, 4) is 5.75 Å². The Balaban J connectivity index is 1.50. The van der Waals surface area contributed by atoms with Gasteiger partial charge < -0.3 is 10.1 Å². The number of aromatic nitrogens is 4. The second-order valence-electron chi connectivity index (χ2n) is 6.89. The van der Waals surface area contributed by atoms with Gasteiger partial charge in [-0.25, -0.2) is 4.98 Å². The van der Waals surface area contributed by atoms with E-state index in [4.69, 9.17) is 21.4 Å².